The minimum atomic E-state index is 0.515. The molecule has 0 spiro atoms. The second-order valence-corrected chi connectivity index (χ2v) is 3.78. The lowest BCUT2D eigenvalue weighted by Crippen LogP contribution is -2.00. The molecule has 72 valence electrons. The Hall–Kier alpha value is -1.20. The number of aromatic nitrogens is 3. The molecule has 1 heterocycles. The molecule has 0 unspecified atom stereocenters. The maximum absolute atomic E-state index is 5.57. The van der Waals surface area contributed by atoms with Gasteiger partial charge in [-0.15, -0.1) is 0 Å². The summed E-state index contributed by atoms with van der Waals surface area (Å²) in [7, 11) is 0. The van der Waals surface area contributed by atoms with Crippen molar-refractivity contribution in [1.82, 2.24) is 14.8 Å². The van der Waals surface area contributed by atoms with E-state index < -0.39 is 0 Å². The summed E-state index contributed by atoms with van der Waals surface area (Å²) in [6.07, 6.45) is 3.16. The molecule has 0 bridgehead atoms. The smallest absolute Gasteiger partial charge is 0.138 e. The minimum Gasteiger partial charge on any atom is -0.326 e. The first-order valence-corrected chi connectivity index (χ1v) is 4.93. The monoisotopic (exact) mass is 252 g/mol. The zero-order valence-corrected chi connectivity index (χ0v) is 8.98. The van der Waals surface area contributed by atoms with Crippen LogP contribution in [0.3, 0.4) is 0 Å². The van der Waals surface area contributed by atoms with E-state index in [4.69, 9.17) is 5.73 Å². The van der Waals surface area contributed by atoms with Crippen molar-refractivity contribution >= 4 is 15.9 Å². The second-order valence-electron chi connectivity index (χ2n) is 2.86. The molecule has 0 aliphatic heterocycles. The average molecular weight is 253 g/mol. The Bertz CT molecular complexity index is 424. The largest absolute Gasteiger partial charge is 0.326 e. The summed E-state index contributed by atoms with van der Waals surface area (Å²) >= 11 is 3.42. The Kier molecular flexibility index (Phi) is 2.60. The first-order chi connectivity index (χ1) is 6.79. The summed E-state index contributed by atoms with van der Waals surface area (Å²) in [5, 5.41) is 4.05. The highest BCUT2D eigenvalue weighted by Gasteiger charge is 2.00. The fourth-order valence-electron chi connectivity index (χ4n) is 1.23. The summed E-state index contributed by atoms with van der Waals surface area (Å²) in [5.74, 6) is 0. The maximum atomic E-state index is 5.57. The number of hydrogen-bond donors (Lipinski definition) is 1. The summed E-state index contributed by atoms with van der Waals surface area (Å²) in [5.41, 5.74) is 7.59. The van der Waals surface area contributed by atoms with Crippen LogP contribution in [0.15, 0.2) is 35.3 Å². The highest BCUT2D eigenvalue weighted by atomic mass is 79.9. The van der Waals surface area contributed by atoms with E-state index in [0.717, 1.165) is 15.7 Å². The van der Waals surface area contributed by atoms with E-state index in [1.54, 1.807) is 11.0 Å². The van der Waals surface area contributed by atoms with Gasteiger partial charge in [-0.2, -0.15) is 5.10 Å². The molecule has 0 saturated carbocycles. The fourth-order valence-corrected chi connectivity index (χ4v) is 1.75. The van der Waals surface area contributed by atoms with Gasteiger partial charge in [0.2, 0.25) is 0 Å². The first-order valence-electron chi connectivity index (χ1n) is 4.14. The van der Waals surface area contributed by atoms with Crippen LogP contribution in [0.25, 0.3) is 5.69 Å². The number of hydrogen-bond acceptors (Lipinski definition) is 3. The van der Waals surface area contributed by atoms with E-state index in [0.29, 0.717) is 6.54 Å². The van der Waals surface area contributed by atoms with Crippen molar-refractivity contribution in [2.75, 3.05) is 0 Å². The molecular formula is C9H9BrN4. The minimum absolute atomic E-state index is 0.515. The van der Waals surface area contributed by atoms with Crippen LogP contribution in [0, 0.1) is 0 Å². The normalized spacial score (nSPS) is 10.4. The summed E-state index contributed by atoms with van der Waals surface area (Å²) < 4.78 is 2.69. The van der Waals surface area contributed by atoms with Crippen LogP contribution in [0.2, 0.25) is 0 Å². The van der Waals surface area contributed by atoms with Crippen molar-refractivity contribution in [3.05, 3.63) is 40.9 Å². The van der Waals surface area contributed by atoms with E-state index >= 15 is 0 Å². The number of nitrogens with two attached hydrogens (primary N) is 1. The van der Waals surface area contributed by atoms with Crippen molar-refractivity contribution < 1.29 is 0 Å². The molecule has 0 radical (unpaired) electrons. The molecular weight excluding hydrogens is 244 g/mol. The lowest BCUT2D eigenvalue weighted by molar-refractivity contribution is 0.873. The molecule has 2 N–H and O–H groups in total. The highest BCUT2D eigenvalue weighted by molar-refractivity contribution is 9.10. The molecule has 0 saturated heterocycles. The van der Waals surface area contributed by atoms with Crippen molar-refractivity contribution in [2.45, 2.75) is 6.54 Å². The highest BCUT2D eigenvalue weighted by Crippen LogP contribution is 2.17. The lowest BCUT2D eigenvalue weighted by Gasteiger charge is -2.04. The number of rotatable bonds is 2. The molecule has 0 fully saturated rings. The van der Waals surface area contributed by atoms with Gasteiger partial charge < -0.3 is 5.73 Å². The SMILES string of the molecule is NCc1cc(Br)cc(-n2cncn2)c1. The van der Waals surface area contributed by atoms with Crippen LogP contribution in [-0.4, -0.2) is 14.8 Å². The Balaban J connectivity index is 2.48. The second kappa shape index (κ2) is 3.89. The van der Waals surface area contributed by atoms with Gasteiger partial charge in [0.05, 0.1) is 5.69 Å². The fraction of sp³-hybridized carbons (Fsp3) is 0.111. The van der Waals surface area contributed by atoms with Gasteiger partial charge in [0, 0.05) is 11.0 Å². The number of nitrogens with zero attached hydrogens (tertiary/aromatic N) is 3. The predicted molar refractivity (Wildman–Crippen MR) is 57.0 cm³/mol. The van der Waals surface area contributed by atoms with Gasteiger partial charge in [0.25, 0.3) is 0 Å². The molecule has 0 aliphatic carbocycles. The number of benzene rings is 1. The average Bonchev–Trinajstić information content (AvgIpc) is 2.69. The Morgan fingerprint density at radius 2 is 2.21 bits per heavy atom. The molecule has 1 aromatic heterocycles. The van der Waals surface area contributed by atoms with Gasteiger partial charge in [0.15, 0.2) is 0 Å². The molecule has 4 nitrogen and oxygen atoms in total. The molecule has 1 aromatic carbocycles. The third-order valence-electron chi connectivity index (χ3n) is 1.86. The van der Waals surface area contributed by atoms with Gasteiger partial charge in [-0.25, -0.2) is 9.67 Å². The van der Waals surface area contributed by atoms with E-state index in [1.807, 2.05) is 18.2 Å². The predicted octanol–water partition coefficient (Wildman–Crippen LogP) is 1.49. The standard InChI is InChI=1S/C9H9BrN4/c10-8-1-7(4-11)2-9(3-8)14-6-12-5-13-14/h1-3,5-6H,4,11H2. The summed E-state index contributed by atoms with van der Waals surface area (Å²) in [4.78, 5) is 3.89. The van der Waals surface area contributed by atoms with Crippen molar-refractivity contribution in [3.8, 4) is 5.69 Å². The van der Waals surface area contributed by atoms with Crippen LogP contribution >= 0.6 is 15.9 Å². The third-order valence-corrected chi connectivity index (χ3v) is 2.32. The van der Waals surface area contributed by atoms with Gasteiger partial charge in [-0.05, 0) is 23.8 Å². The van der Waals surface area contributed by atoms with E-state index in [9.17, 15) is 0 Å². The molecule has 14 heavy (non-hydrogen) atoms. The molecule has 2 rings (SSSR count). The Labute approximate surface area is 89.9 Å². The zero-order chi connectivity index (χ0) is 9.97. The van der Waals surface area contributed by atoms with Gasteiger partial charge in [0.1, 0.15) is 12.7 Å². The van der Waals surface area contributed by atoms with Crippen LogP contribution in [0.1, 0.15) is 5.56 Å². The van der Waals surface area contributed by atoms with Crippen LogP contribution < -0.4 is 5.73 Å². The molecule has 2 aromatic rings. The summed E-state index contributed by atoms with van der Waals surface area (Å²) in [6.45, 7) is 0.515. The Morgan fingerprint density at radius 3 is 2.86 bits per heavy atom. The number of halogens is 1. The van der Waals surface area contributed by atoms with Gasteiger partial charge in [-0.3, -0.25) is 0 Å². The molecule has 0 aliphatic rings. The van der Waals surface area contributed by atoms with Crippen LogP contribution in [0.5, 0.6) is 0 Å². The molecule has 0 atom stereocenters. The van der Waals surface area contributed by atoms with Crippen molar-refractivity contribution in [1.29, 1.82) is 0 Å². The lowest BCUT2D eigenvalue weighted by atomic mass is 10.2. The van der Waals surface area contributed by atoms with Crippen molar-refractivity contribution in [3.63, 3.8) is 0 Å². The van der Waals surface area contributed by atoms with Crippen LogP contribution in [0.4, 0.5) is 0 Å². The van der Waals surface area contributed by atoms with Crippen molar-refractivity contribution in [2.24, 2.45) is 5.73 Å². The van der Waals surface area contributed by atoms with E-state index in [2.05, 4.69) is 26.0 Å². The van der Waals surface area contributed by atoms with E-state index in [1.165, 1.54) is 6.33 Å². The first kappa shape index (κ1) is 9.36. The van der Waals surface area contributed by atoms with E-state index in [-0.39, 0.29) is 0 Å². The topological polar surface area (TPSA) is 56.7 Å². The maximum Gasteiger partial charge on any atom is 0.138 e. The zero-order valence-electron chi connectivity index (χ0n) is 7.39. The van der Waals surface area contributed by atoms with Crippen LogP contribution in [-0.2, 0) is 6.54 Å². The Morgan fingerprint density at radius 1 is 1.36 bits per heavy atom. The van der Waals surface area contributed by atoms with Gasteiger partial charge in [-0.1, -0.05) is 15.9 Å². The third kappa shape index (κ3) is 1.83. The molecule has 0 amide bonds. The summed E-state index contributed by atoms with van der Waals surface area (Å²) in [6, 6.07) is 5.94. The van der Waals surface area contributed by atoms with Gasteiger partial charge >= 0.3 is 0 Å². The quantitative estimate of drug-likeness (QED) is 0.882. The molecule has 5 heteroatoms.